The Balaban J connectivity index is 2.87. The van der Waals surface area contributed by atoms with Gasteiger partial charge in [0.25, 0.3) is 0 Å². The molecule has 0 saturated carbocycles. The van der Waals surface area contributed by atoms with Gasteiger partial charge in [0.05, 0.1) is 5.52 Å². The fraction of sp³-hybridized carbons (Fsp3) is 0.100. The fourth-order valence-corrected chi connectivity index (χ4v) is 1.41. The zero-order valence-corrected chi connectivity index (χ0v) is 7.28. The number of aromatic nitrogens is 1. The summed E-state index contributed by atoms with van der Waals surface area (Å²) >= 11 is 0. The smallest absolute Gasteiger partial charge is 0.124 e. The van der Waals surface area contributed by atoms with Crippen molar-refractivity contribution in [3.8, 4) is 5.75 Å². The summed E-state index contributed by atoms with van der Waals surface area (Å²) in [7, 11) is 0. The summed E-state index contributed by atoms with van der Waals surface area (Å²) in [5, 5.41) is 10.2. The van der Waals surface area contributed by atoms with E-state index in [9.17, 15) is 5.11 Å². The summed E-state index contributed by atoms with van der Waals surface area (Å²) < 4.78 is 0. The van der Waals surface area contributed by atoms with Crippen LogP contribution in [0.2, 0.25) is 0 Å². The second-order valence-electron chi connectivity index (χ2n) is 3.07. The van der Waals surface area contributed by atoms with Gasteiger partial charge in [0.15, 0.2) is 0 Å². The zero-order chi connectivity index (χ0) is 9.42. The molecule has 0 bridgehead atoms. The van der Waals surface area contributed by atoms with Crippen LogP contribution in [0.25, 0.3) is 10.9 Å². The van der Waals surface area contributed by atoms with E-state index in [0.29, 0.717) is 5.82 Å². The number of hydrogen-bond acceptors (Lipinski definition) is 3. The second-order valence-corrected chi connectivity index (χ2v) is 3.07. The standard InChI is InChI=1S/C10H10N2O/c1-6-4-10(11)12-9-3-2-7(13)5-8(6)9/h2-5,13H,1H3,(H2,11,12). The number of fused-ring (bicyclic) bond motifs is 1. The van der Waals surface area contributed by atoms with Gasteiger partial charge in [-0.1, -0.05) is 0 Å². The molecule has 0 aliphatic rings. The number of rotatable bonds is 0. The molecular weight excluding hydrogens is 164 g/mol. The molecule has 3 heteroatoms. The van der Waals surface area contributed by atoms with Gasteiger partial charge in [-0.15, -0.1) is 0 Å². The Bertz CT molecular complexity index is 466. The van der Waals surface area contributed by atoms with Crippen molar-refractivity contribution < 1.29 is 5.11 Å². The number of aromatic hydroxyl groups is 1. The van der Waals surface area contributed by atoms with E-state index in [0.717, 1.165) is 16.5 Å². The summed E-state index contributed by atoms with van der Waals surface area (Å²) in [6.45, 7) is 1.94. The lowest BCUT2D eigenvalue weighted by atomic mass is 10.1. The number of aryl methyl sites for hydroxylation is 1. The van der Waals surface area contributed by atoms with Crippen LogP contribution in [0.4, 0.5) is 5.82 Å². The van der Waals surface area contributed by atoms with Crippen LogP contribution in [0.5, 0.6) is 5.75 Å². The summed E-state index contributed by atoms with van der Waals surface area (Å²) in [5.74, 6) is 0.762. The van der Waals surface area contributed by atoms with E-state index >= 15 is 0 Å². The summed E-state index contributed by atoms with van der Waals surface area (Å²) in [4.78, 5) is 4.14. The van der Waals surface area contributed by atoms with E-state index in [1.807, 2.05) is 6.92 Å². The van der Waals surface area contributed by atoms with Crippen LogP contribution in [0.1, 0.15) is 5.56 Å². The Kier molecular flexibility index (Phi) is 1.59. The van der Waals surface area contributed by atoms with Gasteiger partial charge in [0.1, 0.15) is 11.6 Å². The predicted molar refractivity (Wildman–Crippen MR) is 52.6 cm³/mol. The highest BCUT2D eigenvalue weighted by atomic mass is 16.3. The molecule has 0 saturated heterocycles. The van der Waals surface area contributed by atoms with Crippen LogP contribution in [0.15, 0.2) is 24.3 Å². The first-order valence-corrected chi connectivity index (χ1v) is 4.02. The van der Waals surface area contributed by atoms with Crippen LogP contribution in [-0.2, 0) is 0 Å². The first-order valence-electron chi connectivity index (χ1n) is 4.02. The SMILES string of the molecule is Cc1cc(N)nc2ccc(O)cc12. The summed E-state index contributed by atoms with van der Waals surface area (Å²) in [6, 6.07) is 6.85. The topological polar surface area (TPSA) is 59.1 Å². The Morgan fingerprint density at radius 3 is 2.85 bits per heavy atom. The maximum Gasteiger partial charge on any atom is 0.124 e. The van der Waals surface area contributed by atoms with Gasteiger partial charge >= 0.3 is 0 Å². The molecule has 3 N–H and O–H groups in total. The van der Waals surface area contributed by atoms with Crippen LogP contribution in [0.3, 0.4) is 0 Å². The molecule has 1 heterocycles. The van der Waals surface area contributed by atoms with E-state index < -0.39 is 0 Å². The highest BCUT2D eigenvalue weighted by Gasteiger charge is 2.00. The van der Waals surface area contributed by atoms with Gasteiger partial charge in [-0.05, 0) is 36.8 Å². The van der Waals surface area contributed by atoms with Crippen molar-refractivity contribution in [1.29, 1.82) is 0 Å². The van der Waals surface area contributed by atoms with E-state index in [2.05, 4.69) is 4.98 Å². The molecule has 0 fully saturated rings. The van der Waals surface area contributed by atoms with E-state index in [1.54, 1.807) is 24.3 Å². The Hall–Kier alpha value is -1.77. The maximum absolute atomic E-state index is 9.26. The van der Waals surface area contributed by atoms with Gasteiger partial charge < -0.3 is 10.8 Å². The van der Waals surface area contributed by atoms with Gasteiger partial charge in [-0.3, -0.25) is 0 Å². The molecule has 66 valence electrons. The minimum atomic E-state index is 0.252. The molecule has 0 radical (unpaired) electrons. The van der Waals surface area contributed by atoms with Crippen molar-refractivity contribution >= 4 is 16.7 Å². The summed E-state index contributed by atoms with van der Waals surface area (Å²) in [6.07, 6.45) is 0. The molecule has 0 aliphatic carbocycles. The van der Waals surface area contributed by atoms with E-state index in [4.69, 9.17) is 5.73 Å². The lowest BCUT2D eigenvalue weighted by Crippen LogP contribution is -1.92. The van der Waals surface area contributed by atoms with Crippen molar-refractivity contribution in [2.75, 3.05) is 5.73 Å². The number of nitrogens with zero attached hydrogens (tertiary/aromatic N) is 1. The average molecular weight is 174 g/mol. The molecular formula is C10H10N2O. The molecule has 3 nitrogen and oxygen atoms in total. The van der Waals surface area contributed by atoms with Gasteiger partial charge in [-0.25, -0.2) is 4.98 Å². The summed E-state index contributed by atoms with van der Waals surface area (Å²) in [5.41, 5.74) is 7.43. The van der Waals surface area contributed by atoms with Gasteiger partial charge in [0, 0.05) is 5.39 Å². The predicted octanol–water partition coefficient (Wildman–Crippen LogP) is 1.83. The third-order valence-electron chi connectivity index (χ3n) is 2.02. The van der Waals surface area contributed by atoms with Crippen LogP contribution >= 0.6 is 0 Å². The second kappa shape index (κ2) is 2.62. The molecule has 0 amide bonds. The molecule has 2 aromatic rings. The lowest BCUT2D eigenvalue weighted by molar-refractivity contribution is 0.476. The molecule has 0 spiro atoms. The molecule has 0 atom stereocenters. The highest BCUT2D eigenvalue weighted by molar-refractivity contribution is 5.84. The molecule has 13 heavy (non-hydrogen) atoms. The Labute approximate surface area is 75.8 Å². The van der Waals surface area contributed by atoms with Crippen LogP contribution in [0, 0.1) is 6.92 Å². The van der Waals surface area contributed by atoms with E-state index in [-0.39, 0.29) is 5.75 Å². The van der Waals surface area contributed by atoms with Crippen molar-refractivity contribution in [1.82, 2.24) is 4.98 Å². The number of phenolic OH excluding ortho intramolecular Hbond substituents is 1. The first kappa shape index (κ1) is 7.86. The van der Waals surface area contributed by atoms with Gasteiger partial charge in [-0.2, -0.15) is 0 Å². The monoisotopic (exact) mass is 174 g/mol. The fourth-order valence-electron chi connectivity index (χ4n) is 1.41. The number of nitrogens with two attached hydrogens (primary N) is 1. The normalized spacial score (nSPS) is 10.5. The largest absolute Gasteiger partial charge is 0.508 e. The van der Waals surface area contributed by atoms with Crippen molar-refractivity contribution in [2.24, 2.45) is 0 Å². The number of nitrogen functional groups attached to an aromatic ring is 1. The number of anilines is 1. The van der Waals surface area contributed by atoms with Crippen molar-refractivity contribution in [2.45, 2.75) is 6.92 Å². The number of pyridine rings is 1. The molecule has 1 aromatic carbocycles. The number of phenols is 1. The quantitative estimate of drug-likeness (QED) is 0.640. The van der Waals surface area contributed by atoms with Crippen LogP contribution < -0.4 is 5.73 Å². The minimum absolute atomic E-state index is 0.252. The van der Waals surface area contributed by atoms with Gasteiger partial charge in [0.2, 0.25) is 0 Å². The third kappa shape index (κ3) is 1.28. The molecule has 0 unspecified atom stereocenters. The average Bonchev–Trinajstić information content (AvgIpc) is 2.06. The first-order chi connectivity index (χ1) is 6.16. The lowest BCUT2D eigenvalue weighted by Gasteiger charge is -2.03. The van der Waals surface area contributed by atoms with E-state index in [1.165, 1.54) is 0 Å². The minimum Gasteiger partial charge on any atom is -0.508 e. The highest BCUT2D eigenvalue weighted by Crippen LogP contribution is 2.22. The maximum atomic E-state index is 9.26. The molecule has 0 aliphatic heterocycles. The number of hydrogen-bond donors (Lipinski definition) is 2. The van der Waals surface area contributed by atoms with Crippen molar-refractivity contribution in [3.63, 3.8) is 0 Å². The van der Waals surface area contributed by atoms with Crippen molar-refractivity contribution in [3.05, 3.63) is 29.8 Å². The third-order valence-corrected chi connectivity index (χ3v) is 2.02. The molecule has 2 rings (SSSR count). The number of benzene rings is 1. The Morgan fingerprint density at radius 1 is 1.31 bits per heavy atom. The molecule has 1 aromatic heterocycles. The van der Waals surface area contributed by atoms with Crippen LogP contribution in [-0.4, -0.2) is 10.1 Å². The Morgan fingerprint density at radius 2 is 2.08 bits per heavy atom. The zero-order valence-electron chi connectivity index (χ0n) is 7.28.